The number of rotatable bonds is 4. The first-order valence-electron chi connectivity index (χ1n) is 6.86. The summed E-state index contributed by atoms with van der Waals surface area (Å²) in [4.78, 5) is 4.55. The van der Waals surface area contributed by atoms with Crippen molar-refractivity contribution in [3.05, 3.63) is 34.6 Å². The molecule has 1 heterocycles. The Balaban J connectivity index is 1.99. The minimum atomic E-state index is -0.192. The summed E-state index contributed by atoms with van der Waals surface area (Å²) < 4.78 is 13.8. The maximum absolute atomic E-state index is 13.8. The normalized spacial score (nSPS) is 21.0. The van der Waals surface area contributed by atoms with Crippen molar-refractivity contribution in [3.63, 3.8) is 0 Å². The molecule has 4 heteroatoms. The Morgan fingerprint density at radius 1 is 1.42 bits per heavy atom. The van der Waals surface area contributed by atoms with Gasteiger partial charge in [-0.05, 0) is 51.5 Å². The van der Waals surface area contributed by atoms with Crippen molar-refractivity contribution >= 4 is 11.6 Å². The predicted octanol–water partition coefficient (Wildman–Crippen LogP) is 3.25. The van der Waals surface area contributed by atoms with Crippen molar-refractivity contribution in [3.8, 4) is 0 Å². The van der Waals surface area contributed by atoms with Gasteiger partial charge >= 0.3 is 0 Å². The highest BCUT2D eigenvalue weighted by Crippen LogP contribution is 2.24. The molecule has 1 unspecified atom stereocenters. The van der Waals surface area contributed by atoms with Crippen LogP contribution in [0.5, 0.6) is 0 Å². The summed E-state index contributed by atoms with van der Waals surface area (Å²) in [5.74, 6) is 0.483. The molecule has 2 nitrogen and oxygen atoms in total. The Morgan fingerprint density at radius 2 is 2.21 bits per heavy atom. The van der Waals surface area contributed by atoms with Crippen molar-refractivity contribution in [2.75, 3.05) is 33.7 Å². The highest BCUT2D eigenvalue weighted by atomic mass is 35.5. The van der Waals surface area contributed by atoms with Crippen LogP contribution in [-0.2, 0) is 6.54 Å². The zero-order chi connectivity index (χ0) is 13.8. The van der Waals surface area contributed by atoms with E-state index in [1.54, 1.807) is 12.1 Å². The highest BCUT2D eigenvalue weighted by molar-refractivity contribution is 6.31. The lowest BCUT2D eigenvalue weighted by molar-refractivity contribution is 0.144. The molecule has 0 bridgehead atoms. The molecular formula is C15H22ClFN2. The van der Waals surface area contributed by atoms with E-state index in [4.69, 9.17) is 11.6 Å². The number of likely N-dealkylation sites (tertiary alicyclic amines) is 1. The molecule has 0 spiro atoms. The number of halogens is 2. The van der Waals surface area contributed by atoms with E-state index in [2.05, 4.69) is 23.9 Å². The first-order chi connectivity index (χ1) is 9.06. The quantitative estimate of drug-likeness (QED) is 0.837. The number of hydrogen-bond donors (Lipinski definition) is 0. The van der Waals surface area contributed by atoms with Gasteiger partial charge in [-0.2, -0.15) is 0 Å². The maximum atomic E-state index is 13.8. The first-order valence-corrected chi connectivity index (χ1v) is 7.24. The van der Waals surface area contributed by atoms with Gasteiger partial charge in [-0.15, -0.1) is 0 Å². The van der Waals surface area contributed by atoms with E-state index in [1.807, 2.05) is 0 Å². The second-order valence-electron chi connectivity index (χ2n) is 5.71. The Labute approximate surface area is 120 Å². The third-order valence-corrected chi connectivity index (χ3v) is 4.02. The van der Waals surface area contributed by atoms with Crippen molar-refractivity contribution in [1.82, 2.24) is 9.80 Å². The van der Waals surface area contributed by atoms with Crippen LogP contribution in [0.1, 0.15) is 18.4 Å². The van der Waals surface area contributed by atoms with Gasteiger partial charge in [0.1, 0.15) is 5.82 Å². The predicted molar refractivity (Wildman–Crippen MR) is 78.0 cm³/mol. The number of nitrogens with zero attached hydrogens (tertiary/aromatic N) is 2. The zero-order valence-corrected chi connectivity index (χ0v) is 12.5. The van der Waals surface area contributed by atoms with Crippen LogP contribution in [0.15, 0.2) is 18.2 Å². The SMILES string of the molecule is CN(C)CC1CCCN(Cc2c(F)cccc2Cl)C1. The van der Waals surface area contributed by atoms with E-state index in [9.17, 15) is 4.39 Å². The summed E-state index contributed by atoms with van der Waals surface area (Å²) in [6, 6.07) is 4.91. The molecule has 1 aliphatic rings. The summed E-state index contributed by atoms with van der Waals surface area (Å²) in [6.07, 6.45) is 2.45. The van der Waals surface area contributed by atoms with E-state index in [-0.39, 0.29) is 5.82 Å². The van der Waals surface area contributed by atoms with Gasteiger partial charge in [-0.1, -0.05) is 17.7 Å². The molecule has 1 aromatic carbocycles. The van der Waals surface area contributed by atoms with Crippen LogP contribution in [-0.4, -0.2) is 43.5 Å². The van der Waals surface area contributed by atoms with Gasteiger partial charge in [0.15, 0.2) is 0 Å². The third kappa shape index (κ3) is 4.16. The Kier molecular flexibility index (Phi) is 5.20. The van der Waals surface area contributed by atoms with Gasteiger partial charge in [0.05, 0.1) is 0 Å². The Hall–Kier alpha value is -0.640. The largest absolute Gasteiger partial charge is 0.309 e. The lowest BCUT2D eigenvalue weighted by Gasteiger charge is -2.34. The number of hydrogen-bond acceptors (Lipinski definition) is 2. The van der Waals surface area contributed by atoms with Crippen LogP contribution >= 0.6 is 11.6 Å². The van der Waals surface area contributed by atoms with Crippen LogP contribution in [0, 0.1) is 11.7 Å². The van der Waals surface area contributed by atoms with Crippen molar-refractivity contribution in [2.45, 2.75) is 19.4 Å². The van der Waals surface area contributed by atoms with Crippen LogP contribution < -0.4 is 0 Å². The summed E-state index contributed by atoms with van der Waals surface area (Å²) in [5.41, 5.74) is 0.634. The molecular weight excluding hydrogens is 263 g/mol. The van der Waals surface area contributed by atoms with Gasteiger partial charge in [-0.25, -0.2) is 4.39 Å². The van der Waals surface area contributed by atoms with Crippen LogP contribution in [0.4, 0.5) is 4.39 Å². The van der Waals surface area contributed by atoms with Crippen LogP contribution in [0.25, 0.3) is 0 Å². The molecule has 0 amide bonds. The second-order valence-corrected chi connectivity index (χ2v) is 6.11. The topological polar surface area (TPSA) is 6.48 Å². The van der Waals surface area contributed by atoms with Crippen LogP contribution in [0.3, 0.4) is 0 Å². The minimum absolute atomic E-state index is 0.192. The molecule has 1 fully saturated rings. The molecule has 2 rings (SSSR count). The van der Waals surface area contributed by atoms with E-state index < -0.39 is 0 Å². The molecule has 1 aliphatic heterocycles. The Morgan fingerprint density at radius 3 is 2.89 bits per heavy atom. The molecule has 106 valence electrons. The van der Waals surface area contributed by atoms with Crippen molar-refractivity contribution < 1.29 is 4.39 Å². The van der Waals surface area contributed by atoms with Gasteiger partial charge in [0, 0.05) is 30.2 Å². The molecule has 1 atom stereocenters. The Bertz CT molecular complexity index is 402. The lowest BCUT2D eigenvalue weighted by Crippen LogP contribution is -2.39. The maximum Gasteiger partial charge on any atom is 0.129 e. The van der Waals surface area contributed by atoms with E-state index in [1.165, 1.54) is 18.9 Å². The molecule has 1 saturated heterocycles. The molecule has 0 saturated carbocycles. The molecule has 0 N–H and O–H groups in total. The fourth-order valence-corrected chi connectivity index (χ4v) is 3.09. The van der Waals surface area contributed by atoms with Gasteiger partial charge < -0.3 is 4.90 Å². The summed E-state index contributed by atoms with van der Waals surface area (Å²) in [5, 5.41) is 0.537. The summed E-state index contributed by atoms with van der Waals surface area (Å²) in [6.45, 7) is 3.79. The van der Waals surface area contributed by atoms with Crippen molar-refractivity contribution in [1.29, 1.82) is 0 Å². The van der Waals surface area contributed by atoms with Crippen LogP contribution in [0.2, 0.25) is 5.02 Å². The van der Waals surface area contributed by atoms with E-state index in [0.29, 0.717) is 23.0 Å². The average Bonchev–Trinajstić information content (AvgIpc) is 2.34. The number of piperidine rings is 1. The van der Waals surface area contributed by atoms with Gasteiger partial charge in [-0.3, -0.25) is 4.90 Å². The van der Waals surface area contributed by atoms with Gasteiger partial charge in [0.2, 0.25) is 0 Å². The van der Waals surface area contributed by atoms with Gasteiger partial charge in [0.25, 0.3) is 0 Å². The van der Waals surface area contributed by atoms with E-state index in [0.717, 1.165) is 19.6 Å². The molecule has 1 aromatic rings. The third-order valence-electron chi connectivity index (χ3n) is 3.67. The molecule has 19 heavy (non-hydrogen) atoms. The standard InChI is InChI=1S/C15H22ClFN2/c1-18(2)9-12-5-4-8-19(10-12)11-13-14(16)6-3-7-15(13)17/h3,6-7,12H,4-5,8-11H2,1-2H3. The average molecular weight is 285 g/mol. The molecule has 0 radical (unpaired) electrons. The number of benzene rings is 1. The van der Waals surface area contributed by atoms with Crippen molar-refractivity contribution in [2.24, 2.45) is 5.92 Å². The monoisotopic (exact) mass is 284 g/mol. The molecule has 0 aromatic heterocycles. The highest BCUT2D eigenvalue weighted by Gasteiger charge is 2.21. The minimum Gasteiger partial charge on any atom is -0.309 e. The smallest absolute Gasteiger partial charge is 0.129 e. The summed E-state index contributed by atoms with van der Waals surface area (Å²) in [7, 11) is 4.21. The fraction of sp³-hybridized carbons (Fsp3) is 0.600. The lowest BCUT2D eigenvalue weighted by atomic mass is 9.97. The molecule has 0 aliphatic carbocycles. The van der Waals surface area contributed by atoms with E-state index >= 15 is 0 Å². The second kappa shape index (κ2) is 6.69. The zero-order valence-electron chi connectivity index (χ0n) is 11.7. The fourth-order valence-electron chi connectivity index (χ4n) is 2.87. The summed E-state index contributed by atoms with van der Waals surface area (Å²) >= 11 is 6.09. The first kappa shape index (κ1) is 14.8.